The van der Waals surface area contributed by atoms with Crippen molar-refractivity contribution in [1.82, 2.24) is 0 Å². The number of nitrogens with zero attached hydrogens (tertiary/aromatic N) is 1. The first-order chi connectivity index (χ1) is 18.5. The van der Waals surface area contributed by atoms with Crippen LogP contribution in [0.2, 0.25) is 0 Å². The number of hydrogen-bond donors (Lipinski definition) is 4. The average molecular weight is 515 g/mol. The molecule has 0 saturated heterocycles. The standard InChI is InChI=1S/C29H30N4O5/c30-20-21-13-15-23(16-14-21)32-29(36)38-27(22-7-6-8-24(19-22)37-18-17-34)11-2-1-3-12-28(35)33-26-10-5-4-9-25(26)31/h3-10,12-16,19,27,34H,1-2,11,17-18,31H2,(H,32,36)(H,33,35)/b12-3+/t27-/m0/s1. The molecule has 9 nitrogen and oxygen atoms in total. The molecule has 0 heterocycles. The number of unbranched alkanes of at least 4 members (excludes halogenated alkanes) is 1. The summed E-state index contributed by atoms with van der Waals surface area (Å²) in [5.74, 6) is 0.264. The Bertz CT molecular complexity index is 1280. The summed E-state index contributed by atoms with van der Waals surface area (Å²) in [5, 5.41) is 23.4. The van der Waals surface area contributed by atoms with Crippen molar-refractivity contribution in [2.24, 2.45) is 0 Å². The molecule has 0 unspecified atom stereocenters. The summed E-state index contributed by atoms with van der Waals surface area (Å²) >= 11 is 0. The van der Waals surface area contributed by atoms with Crippen molar-refractivity contribution in [3.8, 4) is 11.8 Å². The third kappa shape index (κ3) is 9.00. The summed E-state index contributed by atoms with van der Waals surface area (Å²) in [7, 11) is 0. The number of benzene rings is 3. The lowest BCUT2D eigenvalue weighted by molar-refractivity contribution is -0.111. The maximum atomic E-state index is 12.6. The Hall–Kier alpha value is -4.81. The molecule has 38 heavy (non-hydrogen) atoms. The Morgan fingerprint density at radius 2 is 1.84 bits per heavy atom. The average Bonchev–Trinajstić information content (AvgIpc) is 2.93. The Labute approximate surface area is 221 Å². The van der Waals surface area contributed by atoms with Gasteiger partial charge in [0.15, 0.2) is 0 Å². The lowest BCUT2D eigenvalue weighted by Crippen LogP contribution is -2.18. The lowest BCUT2D eigenvalue weighted by atomic mass is 10.0. The molecule has 0 saturated carbocycles. The molecule has 0 aliphatic carbocycles. The van der Waals surface area contributed by atoms with Gasteiger partial charge in [0.25, 0.3) is 0 Å². The van der Waals surface area contributed by atoms with Crippen molar-refractivity contribution in [1.29, 1.82) is 5.26 Å². The highest BCUT2D eigenvalue weighted by Crippen LogP contribution is 2.28. The second kappa shape index (κ2) is 14.7. The molecule has 3 aromatic rings. The van der Waals surface area contributed by atoms with Crippen molar-refractivity contribution < 1.29 is 24.2 Å². The summed E-state index contributed by atoms with van der Waals surface area (Å²) in [6.45, 7) is 0.0313. The van der Waals surface area contributed by atoms with Gasteiger partial charge in [-0.3, -0.25) is 10.1 Å². The zero-order valence-electron chi connectivity index (χ0n) is 20.8. The van der Waals surface area contributed by atoms with Gasteiger partial charge in [0.1, 0.15) is 18.5 Å². The lowest BCUT2D eigenvalue weighted by Gasteiger charge is -2.19. The molecular weight excluding hydrogens is 484 g/mol. The molecular formula is C29H30N4O5. The third-order valence-electron chi connectivity index (χ3n) is 5.42. The van der Waals surface area contributed by atoms with Crippen LogP contribution in [-0.2, 0) is 9.53 Å². The number of rotatable bonds is 12. The van der Waals surface area contributed by atoms with Crippen LogP contribution in [-0.4, -0.2) is 30.3 Å². The topological polar surface area (TPSA) is 147 Å². The number of amides is 2. The third-order valence-corrected chi connectivity index (χ3v) is 5.42. The molecule has 0 spiro atoms. The van der Waals surface area contributed by atoms with Crippen LogP contribution in [0.3, 0.4) is 0 Å². The van der Waals surface area contributed by atoms with E-state index in [4.69, 9.17) is 25.6 Å². The second-order valence-electron chi connectivity index (χ2n) is 8.26. The van der Waals surface area contributed by atoms with Crippen LogP contribution < -0.4 is 21.1 Å². The van der Waals surface area contributed by atoms with E-state index in [1.165, 1.54) is 6.08 Å². The molecule has 0 fully saturated rings. The molecule has 1 atom stereocenters. The molecule has 0 aliphatic rings. The fourth-order valence-electron chi connectivity index (χ4n) is 3.56. The number of ether oxygens (including phenoxy) is 2. The maximum Gasteiger partial charge on any atom is 0.412 e. The monoisotopic (exact) mass is 514 g/mol. The van der Waals surface area contributed by atoms with Crippen molar-refractivity contribution in [3.63, 3.8) is 0 Å². The first-order valence-electron chi connectivity index (χ1n) is 12.1. The number of nitriles is 1. The SMILES string of the molecule is N#Cc1ccc(NC(=O)O[C@@H](CCC/C=C/C(=O)Nc2ccccc2N)c2cccc(OCCO)c2)cc1. The number of aliphatic hydroxyl groups is 1. The van der Waals surface area contributed by atoms with Crippen LogP contribution in [0.5, 0.6) is 5.75 Å². The van der Waals surface area contributed by atoms with Crippen molar-refractivity contribution in [2.45, 2.75) is 25.4 Å². The van der Waals surface area contributed by atoms with Crippen molar-refractivity contribution >= 4 is 29.1 Å². The quantitative estimate of drug-likeness (QED) is 0.148. The van der Waals surface area contributed by atoms with Crippen LogP contribution >= 0.6 is 0 Å². The van der Waals surface area contributed by atoms with Crippen molar-refractivity contribution in [2.75, 3.05) is 29.6 Å². The normalized spacial score (nSPS) is 11.4. The van der Waals surface area contributed by atoms with Gasteiger partial charge in [0.2, 0.25) is 5.91 Å². The maximum absolute atomic E-state index is 12.6. The number of carbonyl (C=O) groups is 2. The molecule has 3 aromatic carbocycles. The van der Waals surface area contributed by atoms with Gasteiger partial charge in [-0.2, -0.15) is 5.26 Å². The van der Waals surface area contributed by atoms with E-state index in [0.717, 1.165) is 5.56 Å². The Kier molecular flexibility index (Phi) is 10.7. The number of nitrogen functional groups attached to an aromatic ring is 1. The Morgan fingerprint density at radius 3 is 2.58 bits per heavy atom. The van der Waals surface area contributed by atoms with Gasteiger partial charge in [-0.05, 0) is 79.4 Å². The largest absolute Gasteiger partial charge is 0.491 e. The Balaban J connectivity index is 1.60. The van der Waals surface area contributed by atoms with Crippen LogP contribution in [0.4, 0.5) is 21.9 Å². The zero-order chi connectivity index (χ0) is 27.2. The number of nitrogens with one attached hydrogen (secondary N) is 2. The van der Waals surface area contributed by atoms with Gasteiger partial charge in [0, 0.05) is 5.69 Å². The molecule has 2 amide bonds. The van der Waals surface area contributed by atoms with Gasteiger partial charge >= 0.3 is 6.09 Å². The summed E-state index contributed by atoms with van der Waals surface area (Å²) in [6.07, 6.45) is 3.67. The second-order valence-corrected chi connectivity index (χ2v) is 8.26. The van der Waals surface area contributed by atoms with Crippen LogP contribution in [0, 0.1) is 11.3 Å². The summed E-state index contributed by atoms with van der Waals surface area (Å²) in [6, 6.07) is 22.6. The van der Waals surface area contributed by atoms with E-state index in [2.05, 4.69) is 10.6 Å². The number of carbonyl (C=O) groups excluding carboxylic acids is 2. The smallest absolute Gasteiger partial charge is 0.412 e. The first-order valence-corrected chi connectivity index (χ1v) is 12.1. The van der Waals surface area contributed by atoms with E-state index >= 15 is 0 Å². The minimum absolute atomic E-state index is 0.117. The fourth-order valence-corrected chi connectivity index (χ4v) is 3.56. The van der Waals surface area contributed by atoms with E-state index in [0.29, 0.717) is 47.6 Å². The summed E-state index contributed by atoms with van der Waals surface area (Å²) < 4.78 is 11.2. The Morgan fingerprint density at radius 1 is 1.05 bits per heavy atom. The molecule has 0 bridgehead atoms. The van der Waals surface area contributed by atoms with E-state index in [-0.39, 0.29) is 19.1 Å². The number of nitrogens with two attached hydrogens (primary N) is 1. The van der Waals surface area contributed by atoms with Gasteiger partial charge in [-0.15, -0.1) is 0 Å². The van der Waals surface area contributed by atoms with Crippen LogP contribution in [0.25, 0.3) is 0 Å². The highest BCUT2D eigenvalue weighted by Gasteiger charge is 2.18. The van der Waals surface area contributed by atoms with E-state index < -0.39 is 12.2 Å². The zero-order valence-corrected chi connectivity index (χ0v) is 20.8. The molecule has 0 radical (unpaired) electrons. The molecule has 3 rings (SSSR count). The fraction of sp³-hybridized carbons (Fsp3) is 0.207. The number of anilines is 3. The predicted molar refractivity (Wildman–Crippen MR) is 145 cm³/mol. The van der Waals surface area contributed by atoms with Crippen molar-refractivity contribution in [3.05, 3.63) is 96.1 Å². The number of hydrogen-bond acceptors (Lipinski definition) is 7. The van der Waals surface area contributed by atoms with Gasteiger partial charge in [-0.25, -0.2) is 4.79 Å². The van der Waals surface area contributed by atoms with Crippen LogP contribution in [0.1, 0.15) is 36.5 Å². The van der Waals surface area contributed by atoms with E-state index in [1.54, 1.807) is 72.8 Å². The number of para-hydroxylation sites is 2. The molecule has 196 valence electrons. The molecule has 0 aliphatic heterocycles. The van der Waals surface area contributed by atoms with Gasteiger partial charge in [0.05, 0.1) is 29.6 Å². The van der Waals surface area contributed by atoms with Gasteiger partial charge in [-0.1, -0.05) is 30.3 Å². The minimum atomic E-state index is -0.642. The van der Waals surface area contributed by atoms with Crippen LogP contribution in [0.15, 0.2) is 84.9 Å². The van der Waals surface area contributed by atoms with Gasteiger partial charge < -0.3 is 25.6 Å². The summed E-state index contributed by atoms with van der Waals surface area (Å²) in [5.41, 5.74) is 8.60. The molecule has 9 heteroatoms. The van der Waals surface area contributed by atoms with E-state index in [1.807, 2.05) is 12.1 Å². The minimum Gasteiger partial charge on any atom is -0.491 e. The number of aliphatic hydroxyl groups excluding tert-OH is 1. The number of allylic oxidation sites excluding steroid dienone is 1. The first kappa shape index (κ1) is 27.8. The predicted octanol–water partition coefficient (Wildman–Crippen LogP) is 5.17. The van der Waals surface area contributed by atoms with E-state index in [9.17, 15) is 9.59 Å². The molecule has 5 N–H and O–H groups in total. The summed E-state index contributed by atoms with van der Waals surface area (Å²) in [4.78, 5) is 24.8. The molecule has 0 aromatic heterocycles. The highest BCUT2D eigenvalue weighted by molar-refractivity contribution is 6.01. The highest BCUT2D eigenvalue weighted by atomic mass is 16.6.